The molecule has 4 rings (SSSR count). The second-order valence-corrected chi connectivity index (χ2v) is 7.67. The molecule has 0 saturated carbocycles. The maximum atomic E-state index is 12.7. The number of aryl methyl sites for hydroxylation is 2. The molecule has 1 fully saturated rings. The highest BCUT2D eigenvalue weighted by atomic mass is 32.1. The van der Waals surface area contributed by atoms with E-state index in [0.717, 1.165) is 22.4 Å². The summed E-state index contributed by atoms with van der Waals surface area (Å²) in [5, 5.41) is 0.412. The lowest BCUT2D eigenvalue weighted by atomic mass is 10.0. The van der Waals surface area contributed by atoms with Crippen molar-refractivity contribution in [1.29, 1.82) is 0 Å². The van der Waals surface area contributed by atoms with Gasteiger partial charge < -0.3 is 4.90 Å². The van der Waals surface area contributed by atoms with E-state index in [-0.39, 0.29) is 17.4 Å². The molecule has 1 amide bonds. The Morgan fingerprint density at radius 3 is 2.70 bits per heavy atom. The van der Waals surface area contributed by atoms with Crippen molar-refractivity contribution < 1.29 is 4.79 Å². The van der Waals surface area contributed by atoms with Crippen molar-refractivity contribution in [2.75, 3.05) is 13.1 Å². The van der Waals surface area contributed by atoms with Gasteiger partial charge in [-0.25, -0.2) is 14.8 Å². The van der Waals surface area contributed by atoms with Crippen molar-refractivity contribution in [1.82, 2.24) is 24.0 Å². The second-order valence-electron chi connectivity index (χ2n) is 6.82. The summed E-state index contributed by atoms with van der Waals surface area (Å²) < 4.78 is 2.47. The average Bonchev–Trinajstić information content (AvgIpc) is 3.33. The first-order valence-corrected chi connectivity index (χ1v) is 9.52. The summed E-state index contributed by atoms with van der Waals surface area (Å²) in [4.78, 5) is 48.4. The number of pyridine rings is 1. The van der Waals surface area contributed by atoms with Crippen LogP contribution in [0, 0.1) is 6.92 Å². The predicted molar refractivity (Wildman–Crippen MR) is 102 cm³/mol. The van der Waals surface area contributed by atoms with Crippen LogP contribution in [-0.4, -0.2) is 43.0 Å². The zero-order chi connectivity index (χ0) is 19.3. The second kappa shape index (κ2) is 6.41. The van der Waals surface area contributed by atoms with Gasteiger partial charge >= 0.3 is 5.69 Å². The largest absolute Gasteiger partial charge is 0.337 e. The first kappa shape index (κ1) is 17.6. The lowest BCUT2D eigenvalue weighted by Crippen LogP contribution is -2.37. The third-order valence-corrected chi connectivity index (χ3v) is 6.07. The standard InChI is InChI=1S/C18H19N5O3S/c1-10-14(27-9-19-10)17(25)23-7-6-11(8-23)13-5-4-12-15(20-13)21(2)18(26)22(3)16(12)24/h4-5,9,11H,6-8H2,1-3H3. The Morgan fingerprint density at radius 2 is 2.00 bits per heavy atom. The van der Waals surface area contributed by atoms with E-state index in [1.54, 1.807) is 18.6 Å². The van der Waals surface area contributed by atoms with Crippen LogP contribution < -0.4 is 11.2 Å². The topological polar surface area (TPSA) is 90.1 Å². The van der Waals surface area contributed by atoms with E-state index in [9.17, 15) is 14.4 Å². The fourth-order valence-electron chi connectivity index (χ4n) is 3.53. The highest BCUT2D eigenvalue weighted by molar-refractivity contribution is 7.11. The van der Waals surface area contributed by atoms with Gasteiger partial charge in [-0.05, 0) is 25.5 Å². The van der Waals surface area contributed by atoms with Crippen molar-refractivity contribution in [3.05, 3.63) is 54.7 Å². The number of hydrogen-bond donors (Lipinski definition) is 0. The molecule has 0 bridgehead atoms. The number of likely N-dealkylation sites (tertiary alicyclic amines) is 1. The number of rotatable bonds is 2. The maximum absolute atomic E-state index is 12.7. The highest BCUT2D eigenvalue weighted by Crippen LogP contribution is 2.28. The molecule has 3 aromatic rings. The van der Waals surface area contributed by atoms with Crippen LogP contribution in [0.3, 0.4) is 0 Å². The molecule has 1 atom stereocenters. The van der Waals surface area contributed by atoms with E-state index < -0.39 is 5.69 Å². The van der Waals surface area contributed by atoms with Crippen LogP contribution in [0.2, 0.25) is 0 Å². The maximum Gasteiger partial charge on any atom is 0.332 e. The average molecular weight is 385 g/mol. The molecule has 27 heavy (non-hydrogen) atoms. The minimum atomic E-state index is -0.402. The molecule has 1 aliphatic rings. The molecule has 0 aromatic carbocycles. The van der Waals surface area contributed by atoms with Crippen molar-refractivity contribution >= 4 is 28.3 Å². The number of thiazole rings is 1. The quantitative estimate of drug-likeness (QED) is 0.657. The van der Waals surface area contributed by atoms with Crippen LogP contribution in [0.1, 0.15) is 33.4 Å². The van der Waals surface area contributed by atoms with Crippen LogP contribution in [0.15, 0.2) is 27.2 Å². The van der Waals surface area contributed by atoms with Crippen molar-refractivity contribution in [3.8, 4) is 0 Å². The van der Waals surface area contributed by atoms with Gasteiger partial charge in [0.1, 0.15) is 10.5 Å². The molecule has 1 aliphatic heterocycles. The number of hydrogen-bond acceptors (Lipinski definition) is 6. The minimum absolute atomic E-state index is 0.000409. The van der Waals surface area contributed by atoms with Crippen LogP contribution in [0.5, 0.6) is 0 Å². The molecular weight excluding hydrogens is 366 g/mol. The molecule has 140 valence electrons. The molecule has 1 saturated heterocycles. The van der Waals surface area contributed by atoms with E-state index in [1.165, 1.54) is 23.0 Å². The first-order chi connectivity index (χ1) is 12.9. The van der Waals surface area contributed by atoms with Gasteiger partial charge in [0.25, 0.3) is 11.5 Å². The third-order valence-electron chi connectivity index (χ3n) is 5.16. The van der Waals surface area contributed by atoms with Gasteiger partial charge in [0.15, 0.2) is 0 Å². The fourth-order valence-corrected chi connectivity index (χ4v) is 4.30. The number of carbonyl (C=O) groups excluding carboxylic acids is 1. The van der Waals surface area contributed by atoms with Crippen molar-refractivity contribution in [3.63, 3.8) is 0 Å². The molecule has 0 radical (unpaired) electrons. The molecule has 1 unspecified atom stereocenters. The Kier molecular flexibility index (Phi) is 4.18. The molecular formula is C18H19N5O3S. The summed E-state index contributed by atoms with van der Waals surface area (Å²) in [6, 6.07) is 3.54. The van der Waals surface area contributed by atoms with Crippen molar-refractivity contribution in [2.45, 2.75) is 19.3 Å². The minimum Gasteiger partial charge on any atom is -0.337 e. The molecule has 0 aliphatic carbocycles. The Labute approximate surface area is 158 Å². The molecule has 3 aromatic heterocycles. The number of nitrogens with zero attached hydrogens (tertiary/aromatic N) is 5. The van der Waals surface area contributed by atoms with E-state index in [4.69, 9.17) is 0 Å². The molecule has 9 heteroatoms. The predicted octanol–water partition coefficient (Wildman–Crippen LogP) is 1.03. The number of carbonyl (C=O) groups is 1. The van der Waals surface area contributed by atoms with Gasteiger partial charge in [0, 0.05) is 38.8 Å². The Balaban J connectivity index is 1.66. The van der Waals surface area contributed by atoms with Gasteiger partial charge in [-0.2, -0.15) is 0 Å². The van der Waals surface area contributed by atoms with Gasteiger partial charge in [0.2, 0.25) is 0 Å². The highest BCUT2D eigenvalue weighted by Gasteiger charge is 2.30. The third kappa shape index (κ3) is 2.78. The Morgan fingerprint density at radius 1 is 1.22 bits per heavy atom. The van der Waals surface area contributed by atoms with Crippen LogP contribution >= 0.6 is 11.3 Å². The number of amides is 1. The van der Waals surface area contributed by atoms with Crippen molar-refractivity contribution in [2.24, 2.45) is 14.1 Å². The van der Waals surface area contributed by atoms with Gasteiger partial charge in [-0.1, -0.05) is 0 Å². The van der Waals surface area contributed by atoms with E-state index in [0.29, 0.717) is 29.0 Å². The van der Waals surface area contributed by atoms with E-state index in [2.05, 4.69) is 9.97 Å². The normalized spacial score (nSPS) is 17.0. The summed E-state index contributed by atoms with van der Waals surface area (Å²) in [7, 11) is 3.07. The Hall–Kier alpha value is -2.81. The lowest BCUT2D eigenvalue weighted by molar-refractivity contribution is 0.0794. The van der Waals surface area contributed by atoms with Crippen LogP contribution in [0.25, 0.3) is 11.0 Å². The smallest absolute Gasteiger partial charge is 0.332 e. The number of fused-ring (bicyclic) bond motifs is 1. The fraction of sp³-hybridized carbons (Fsp3) is 0.389. The zero-order valence-electron chi connectivity index (χ0n) is 15.3. The van der Waals surface area contributed by atoms with Crippen LogP contribution in [-0.2, 0) is 14.1 Å². The van der Waals surface area contributed by atoms with Gasteiger partial charge in [0.05, 0.1) is 16.6 Å². The molecule has 0 N–H and O–H groups in total. The summed E-state index contributed by atoms with van der Waals surface area (Å²) in [5.41, 5.74) is 2.85. The molecule has 0 spiro atoms. The number of aromatic nitrogens is 4. The van der Waals surface area contributed by atoms with Crippen LogP contribution in [0.4, 0.5) is 0 Å². The summed E-state index contributed by atoms with van der Waals surface area (Å²) in [6.45, 7) is 3.05. The first-order valence-electron chi connectivity index (χ1n) is 8.64. The molecule has 4 heterocycles. The van der Waals surface area contributed by atoms with Gasteiger partial charge in [-0.15, -0.1) is 11.3 Å². The zero-order valence-corrected chi connectivity index (χ0v) is 16.1. The van der Waals surface area contributed by atoms with E-state index in [1.807, 2.05) is 17.9 Å². The summed E-state index contributed by atoms with van der Waals surface area (Å²) in [5.74, 6) is 0.0743. The SMILES string of the molecule is Cc1ncsc1C(=O)N1CCC(c2ccc3c(=O)n(C)c(=O)n(C)c3n2)C1. The summed E-state index contributed by atoms with van der Waals surface area (Å²) >= 11 is 1.36. The molecule has 8 nitrogen and oxygen atoms in total. The van der Waals surface area contributed by atoms with E-state index >= 15 is 0 Å². The monoisotopic (exact) mass is 385 g/mol. The lowest BCUT2D eigenvalue weighted by Gasteiger charge is -2.16. The van der Waals surface area contributed by atoms with Gasteiger partial charge in [-0.3, -0.25) is 18.7 Å². The summed E-state index contributed by atoms with van der Waals surface area (Å²) in [6.07, 6.45) is 0.793. The Bertz CT molecular complexity index is 1180.